The van der Waals surface area contributed by atoms with Gasteiger partial charge in [0.25, 0.3) is 0 Å². The minimum absolute atomic E-state index is 0. The Morgan fingerprint density at radius 3 is 2.17 bits per heavy atom. The Labute approximate surface area is 62.0 Å². The number of hydrogen-bond donors (Lipinski definition) is 0. The average Bonchev–Trinajstić information content (AvgIpc) is 1.41. The van der Waals surface area contributed by atoms with E-state index < -0.39 is 0 Å². The van der Waals surface area contributed by atoms with Crippen LogP contribution in [0.25, 0.3) is 0 Å². The molecule has 0 aromatic rings. The molecule has 0 amide bonds. The first-order valence-corrected chi connectivity index (χ1v) is 1.73. The summed E-state index contributed by atoms with van der Waals surface area (Å²) in [7, 11) is 0. The predicted octanol–water partition coefficient (Wildman–Crippen LogP) is 1.77. The molecule has 32 valence electrons. The Morgan fingerprint density at radius 1 is 1.67 bits per heavy atom. The van der Waals surface area contributed by atoms with Gasteiger partial charge in [-0.2, -0.15) is 0 Å². The molecule has 0 nitrogen and oxygen atoms in total. The molecule has 2 heteroatoms. The van der Waals surface area contributed by atoms with Crippen LogP contribution in [-0.4, -0.2) is 23.1 Å². The van der Waals surface area contributed by atoms with Crippen molar-refractivity contribution in [3.8, 4) is 0 Å². The Balaban J connectivity index is -0.0000000267. The second-order valence-electron chi connectivity index (χ2n) is 0.554. The molecular formula is C4H7ClMg. The van der Waals surface area contributed by atoms with Gasteiger partial charge in [-0.25, -0.2) is 0 Å². The molecule has 0 radical (unpaired) electrons. The summed E-state index contributed by atoms with van der Waals surface area (Å²) in [5.74, 6) is 0. The third-order valence-corrected chi connectivity index (χ3v) is 0.354. The summed E-state index contributed by atoms with van der Waals surface area (Å²) in [6, 6.07) is 0. The van der Waals surface area contributed by atoms with Gasteiger partial charge in [0.2, 0.25) is 0 Å². The van der Waals surface area contributed by atoms with Crippen LogP contribution in [0.5, 0.6) is 0 Å². The van der Waals surface area contributed by atoms with Crippen molar-refractivity contribution in [2.75, 3.05) is 0 Å². The molecule has 0 aromatic carbocycles. The van der Waals surface area contributed by atoms with Crippen LogP contribution in [0.1, 0.15) is 2.85 Å². The predicted molar refractivity (Wildman–Crippen MR) is 33.2 cm³/mol. The van der Waals surface area contributed by atoms with Gasteiger partial charge in [0.1, 0.15) is 0 Å². The SMILES string of the molecule is C=CC=CCl.[H-].[H-].[Mg+2]. The molecule has 0 aliphatic carbocycles. The van der Waals surface area contributed by atoms with Crippen molar-refractivity contribution in [2.45, 2.75) is 0 Å². The fourth-order valence-electron chi connectivity index (χ4n) is 0.0514. The molecule has 6 heavy (non-hydrogen) atoms. The van der Waals surface area contributed by atoms with Crippen LogP contribution in [-0.2, 0) is 0 Å². The van der Waals surface area contributed by atoms with Gasteiger partial charge in [-0.15, -0.1) is 0 Å². The average molecular weight is 115 g/mol. The molecule has 0 saturated heterocycles. The molecule has 0 spiro atoms. The summed E-state index contributed by atoms with van der Waals surface area (Å²) in [4.78, 5) is 0. The summed E-state index contributed by atoms with van der Waals surface area (Å²) in [5, 5.41) is 0. The van der Waals surface area contributed by atoms with E-state index in [2.05, 4.69) is 6.58 Å². The van der Waals surface area contributed by atoms with E-state index in [9.17, 15) is 0 Å². The summed E-state index contributed by atoms with van der Waals surface area (Å²) < 4.78 is 0. The van der Waals surface area contributed by atoms with Crippen molar-refractivity contribution in [3.05, 3.63) is 24.3 Å². The summed E-state index contributed by atoms with van der Waals surface area (Å²) in [6.45, 7) is 3.38. The quantitative estimate of drug-likeness (QED) is 0.360. The zero-order chi connectivity index (χ0) is 4.12. The second kappa shape index (κ2) is 9.11. The number of rotatable bonds is 1. The van der Waals surface area contributed by atoms with Gasteiger partial charge in [-0.3, -0.25) is 0 Å². The van der Waals surface area contributed by atoms with Gasteiger partial charge in [0, 0.05) is 5.54 Å². The van der Waals surface area contributed by atoms with Crippen LogP contribution >= 0.6 is 11.6 Å². The maximum atomic E-state index is 5.05. The molecule has 0 bridgehead atoms. The maximum Gasteiger partial charge on any atom is 2.00 e. The third kappa shape index (κ3) is 8.82. The largest absolute Gasteiger partial charge is 2.00 e. The van der Waals surface area contributed by atoms with Gasteiger partial charge in [-0.1, -0.05) is 30.3 Å². The van der Waals surface area contributed by atoms with Crippen molar-refractivity contribution in [2.24, 2.45) is 0 Å². The van der Waals surface area contributed by atoms with Crippen LogP contribution in [0, 0.1) is 0 Å². The topological polar surface area (TPSA) is 0 Å². The van der Waals surface area contributed by atoms with Crippen LogP contribution in [0.4, 0.5) is 0 Å². The first kappa shape index (κ1) is 9.74. The fraction of sp³-hybridized carbons (Fsp3) is 0. The molecule has 0 rings (SSSR count). The Bertz CT molecular complexity index is 56.0. The van der Waals surface area contributed by atoms with E-state index in [0.29, 0.717) is 0 Å². The Morgan fingerprint density at radius 2 is 2.17 bits per heavy atom. The van der Waals surface area contributed by atoms with Crippen molar-refractivity contribution in [1.82, 2.24) is 0 Å². The molecule has 0 atom stereocenters. The molecule has 0 N–H and O–H groups in total. The summed E-state index contributed by atoms with van der Waals surface area (Å²) >= 11 is 5.05. The number of halogens is 1. The van der Waals surface area contributed by atoms with E-state index in [1.165, 1.54) is 5.54 Å². The van der Waals surface area contributed by atoms with Crippen molar-refractivity contribution < 1.29 is 2.85 Å². The van der Waals surface area contributed by atoms with E-state index >= 15 is 0 Å². The van der Waals surface area contributed by atoms with Gasteiger partial charge in [0.05, 0.1) is 0 Å². The van der Waals surface area contributed by atoms with E-state index in [-0.39, 0.29) is 25.9 Å². The smallest absolute Gasteiger partial charge is 1.00 e. The van der Waals surface area contributed by atoms with Crippen LogP contribution in [0.3, 0.4) is 0 Å². The Kier molecular flexibility index (Phi) is 14.8. The van der Waals surface area contributed by atoms with Crippen molar-refractivity contribution in [1.29, 1.82) is 0 Å². The molecule has 0 heterocycles. The van der Waals surface area contributed by atoms with E-state index in [1.54, 1.807) is 12.2 Å². The standard InChI is InChI=1S/C4H5Cl.Mg.2H/c1-2-3-4-5;;;/h2-4H,1H2;;;/q;+2;2*-1. The molecule has 0 aromatic heterocycles. The molecule has 0 fully saturated rings. The van der Waals surface area contributed by atoms with Gasteiger partial charge in [0.15, 0.2) is 0 Å². The second-order valence-corrected chi connectivity index (χ2v) is 0.806. The molecular weight excluding hydrogens is 108 g/mol. The van der Waals surface area contributed by atoms with Crippen LogP contribution < -0.4 is 0 Å². The van der Waals surface area contributed by atoms with Crippen molar-refractivity contribution in [3.63, 3.8) is 0 Å². The molecule has 0 unspecified atom stereocenters. The monoisotopic (exact) mass is 114 g/mol. The van der Waals surface area contributed by atoms with Crippen molar-refractivity contribution >= 4 is 34.7 Å². The molecule has 0 aliphatic rings. The Hall–Kier alpha value is 0.536. The zero-order valence-corrected chi connectivity index (χ0v) is 5.69. The minimum Gasteiger partial charge on any atom is -1.00 e. The maximum absolute atomic E-state index is 5.05. The minimum atomic E-state index is 0. The van der Waals surface area contributed by atoms with Gasteiger partial charge < -0.3 is 2.85 Å². The first-order valence-electron chi connectivity index (χ1n) is 1.29. The normalized spacial score (nSPS) is 7.50. The molecule has 0 saturated carbocycles. The first-order chi connectivity index (χ1) is 2.41. The zero-order valence-electron chi connectivity index (χ0n) is 5.52. The number of hydrogen-bond acceptors (Lipinski definition) is 0. The summed E-state index contributed by atoms with van der Waals surface area (Å²) in [6.07, 6.45) is 3.27. The van der Waals surface area contributed by atoms with Gasteiger partial charge in [-0.05, 0) is 0 Å². The van der Waals surface area contributed by atoms with E-state index in [4.69, 9.17) is 11.6 Å². The molecule has 0 aliphatic heterocycles. The van der Waals surface area contributed by atoms with Crippen LogP contribution in [0.15, 0.2) is 24.3 Å². The summed E-state index contributed by atoms with van der Waals surface area (Å²) in [5.41, 5.74) is 1.41. The van der Waals surface area contributed by atoms with E-state index in [0.717, 1.165) is 0 Å². The van der Waals surface area contributed by atoms with E-state index in [1.807, 2.05) is 0 Å². The number of allylic oxidation sites excluding steroid dienone is 2. The third-order valence-electron chi connectivity index (χ3n) is 0.209. The fourth-order valence-corrected chi connectivity index (χ4v) is 0.154. The van der Waals surface area contributed by atoms with Gasteiger partial charge >= 0.3 is 23.1 Å². The van der Waals surface area contributed by atoms with Crippen LogP contribution in [0.2, 0.25) is 0 Å².